The minimum absolute atomic E-state index is 0.760. The minimum Gasteiger partial charge on any atom is -0.317 e. The first-order chi connectivity index (χ1) is 10.7. The van der Waals surface area contributed by atoms with Crippen molar-refractivity contribution in [1.29, 1.82) is 0 Å². The molecule has 0 unspecified atom stereocenters. The van der Waals surface area contributed by atoms with E-state index >= 15 is 0 Å². The molecule has 0 radical (unpaired) electrons. The Morgan fingerprint density at radius 2 is 1.82 bits per heavy atom. The lowest BCUT2D eigenvalue weighted by atomic mass is 10.1. The van der Waals surface area contributed by atoms with Crippen LogP contribution in [-0.2, 0) is 6.54 Å². The van der Waals surface area contributed by atoms with Crippen molar-refractivity contribution in [2.75, 3.05) is 19.6 Å². The highest BCUT2D eigenvalue weighted by atomic mass is 32.2. The van der Waals surface area contributed by atoms with Gasteiger partial charge in [0.1, 0.15) is 12.2 Å². The van der Waals surface area contributed by atoms with Gasteiger partial charge in [0.15, 0.2) is 0 Å². The van der Waals surface area contributed by atoms with E-state index in [-0.39, 0.29) is 0 Å². The summed E-state index contributed by atoms with van der Waals surface area (Å²) in [6, 6.07) is 8.92. The van der Waals surface area contributed by atoms with Crippen LogP contribution in [0.1, 0.15) is 24.2 Å². The molecule has 0 saturated carbocycles. The summed E-state index contributed by atoms with van der Waals surface area (Å²) in [4.78, 5) is 3.97. The van der Waals surface area contributed by atoms with Gasteiger partial charge in [-0.25, -0.2) is 0 Å². The molecule has 0 aliphatic carbocycles. The van der Waals surface area contributed by atoms with Gasteiger partial charge in [0.25, 0.3) is 0 Å². The van der Waals surface area contributed by atoms with Crippen LogP contribution in [0.15, 0.2) is 35.5 Å². The lowest BCUT2D eigenvalue weighted by molar-refractivity contribution is 0.224. The lowest BCUT2D eigenvalue weighted by Gasteiger charge is -2.31. The summed E-state index contributed by atoms with van der Waals surface area (Å²) in [6.07, 6.45) is 4.38. The first-order valence-electron chi connectivity index (χ1n) is 8.01. The van der Waals surface area contributed by atoms with E-state index in [9.17, 15) is 0 Å². The second-order valence-corrected chi connectivity index (χ2v) is 7.42. The largest absolute Gasteiger partial charge is 0.317 e. The van der Waals surface area contributed by atoms with Crippen LogP contribution in [-0.4, -0.2) is 44.5 Å². The Labute approximate surface area is 136 Å². The number of thioether (sulfide) groups is 1. The van der Waals surface area contributed by atoms with Crippen LogP contribution in [0.4, 0.5) is 0 Å². The second-order valence-electron chi connectivity index (χ2n) is 6.04. The molecule has 1 fully saturated rings. The van der Waals surface area contributed by atoms with E-state index in [1.165, 1.54) is 36.4 Å². The molecule has 1 saturated heterocycles. The predicted molar refractivity (Wildman–Crippen MR) is 91.3 cm³/mol. The Kier molecular flexibility index (Phi) is 5.16. The van der Waals surface area contributed by atoms with E-state index in [1.54, 1.807) is 0 Å². The van der Waals surface area contributed by atoms with Gasteiger partial charge in [0, 0.05) is 23.2 Å². The first kappa shape index (κ1) is 15.6. The van der Waals surface area contributed by atoms with Gasteiger partial charge in [-0.1, -0.05) is 17.7 Å². The van der Waals surface area contributed by atoms with Gasteiger partial charge in [-0.2, -0.15) is 0 Å². The highest BCUT2D eigenvalue weighted by molar-refractivity contribution is 8.00. The van der Waals surface area contributed by atoms with Crippen LogP contribution < -0.4 is 0 Å². The summed E-state index contributed by atoms with van der Waals surface area (Å²) in [5, 5.41) is 8.74. The van der Waals surface area contributed by atoms with Crippen molar-refractivity contribution in [3.8, 4) is 0 Å². The highest BCUT2D eigenvalue weighted by Gasteiger charge is 2.19. The fourth-order valence-electron chi connectivity index (χ4n) is 2.84. The number of aryl methyl sites for hydroxylation is 2. The molecule has 1 aliphatic heterocycles. The number of hydrogen-bond donors (Lipinski definition) is 0. The molecule has 5 heteroatoms. The summed E-state index contributed by atoms with van der Waals surface area (Å²) in [5.74, 6) is 1.00. The molecule has 4 nitrogen and oxygen atoms in total. The fourth-order valence-corrected chi connectivity index (χ4v) is 3.97. The van der Waals surface area contributed by atoms with Gasteiger partial charge in [-0.05, 0) is 51.9 Å². The molecular weight excluding hydrogens is 292 g/mol. The van der Waals surface area contributed by atoms with Crippen LogP contribution in [0, 0.1) is 13.8 Å². The molecular formula is C17H24N4S. The van der Waals surface area contributed by atoms with Crippen LogP contribution in [0.5, 0.6) is 0 Å². The summed E-state index contributed by atoms with van der Waals surface area (Å²) >= 11 is 2.04. The molecule has 1 aromatic carbocycles. The molecule has 118 valence electrons. The Bertz CT molecular complexity index is 585. The number of hydrogen-bond acceptors (Lipinski definition) is 4. The van der Waals surface area contributed by atoms with E-state index in [2.05, 4.69) is 50.9 Å². The maximum atomic E-state index is 4.04. The van der Waals surface area contributed by atoms with Gasteiger partial charge in [-0.15, -0.1) is 22.0 Å². The zero-order valence-electron chi connectivity index (χ0n) is 13.4. The average Bonchev–Trinajstić information content (AvgIpc) is 2.94. The van der Waals surface area contributed by atoms with Crippen molar-refractivity contribution >= 4 is 11.8 Å². The van der Waals surface area contributed by atoms with Crippen molar-refractivity contribution in [3.63, 3.8) is 0 Å². The van der Waals surface area contributed by atoms with Crippen LogP contribution in [0.3, 0.4) is 0 Å². The van der Waals surface area contributed by atoms with Gasteiger partial charge in [0.05, 0.1) is 0 Å². The number of benzene rings is 1. The molecule has 2 heterocycles. The fraction of sp³-hybridized carbons (Fsp3) is 0.529. The van der Waals surface area contributed by atoms with Crippen molar-refractivity contribution in [1.82, 2.24) is 19.7 Å². The van der Waals surface area contributed by atoms with Crippen molar-refractivity contribution in [3.05, 3.63) is 42.0 Å². The van der Waals surface area contributed by atoms with Gasteiger partial charge in [0.2, 0.25) is 0 Å². The number of piperidine rings is 1. The maximum absolute atomic E-state index is 4.04. The zero-order chi connectivity index (χ0) is 15.4. The SMILES string of the molecule is Cc1ccc(SC2CCN(CCn3cnnc3C)CC2)cc1. The number of rotatable bonds is 5. The second kappa shape index (κ2) is 7.29. The predicted octanol–water partition coefficient (Wildman–Crippen LogP) is 3.15. The first-order valence-corrected chi connectivity index (χ1v) is 8.89. The third kappa shape index (κ3) is 4.11. The third-order valence-electron chi connectivity index (χ3n) is 4.32. The van der Waals surface area contributed by atoms with E-state index in [1.807, 2.05) is 25.0 Å². The topological polar surface area (TPSA) is 34.0 Å². The monoisotopic (exact) mass is 316 g/mol. The van der Waals surface area contributed by atoms with Crippen LogP contribution in [0.25, 0.3) is 0 Å². The van der Waals surface area contributed by atoms with Crippen LogP contribution in [0.2, 0.25) is 0 Å². The van der Waals surface area contributed by atoms with Gasteiger partial charge < -0.3 is 9.47 Å². The molecule has 0 bridgehead atoms. The summed E-state index contributed by atoms with van der Waals surface area (Å²) in [7, 11) is 0. The standard InChI is InChI=1S/C17H24N4S/c1-14-3-5-16(6-4-14)22-17-7-9-20(10-8-17)11-12-21-13-18-19-15(21)2/h3-6,13,17H,7-12H2,1-2H3. The number of nitrogens with zero attached hydrogens (tertiary/aromatic N) is 4. The molecule has 2 aromatic rings. The van der Waals surface area contributed by atoms with Gasteiger partial charge in [-0.3, -0.25) is 0 Å². The normalized spacial score (nSPS) is 17.0. The summed E-state index contributed by atoms with van der Waals surface area (Å²) < 4.78 is 2.13. The molecule has 3 rings (SSSR count). The van der Waals surface area contributed by atoms with E-state index < -0.39 is 0 Å². The van der Waals surface area contributed by atoms with Crippen LogP contribution >= 0.6 is 11.8 Å². The lowest BCUT2D eigenvalue weighted by Crippen LogP contribution is -2.36. The molecule has 0 amide bonds. The number of aromatic nitrogens is 3. The van der Waals surface area contributed by atoms with Crippen molar-refractivity contribution in [2.24, 2.45) is 0 Å². The van der Waals surface area contributed by atoms with Gasteiger partial charge >= 0.3 is 0 Å². The molecule has 1 aliphatic rings. The third-order valence-corrected chi connectivity index (χ3v) is 5.67. The molecule has 1 aromatic heterocycles. The van der Waals surface area contributed by atoms with Crippen molar-refractivity contribution < 1.29 is 0 Å². The Morgan fingerprint density at radius 3 is 2.45 bits per heavy atom. The Hall–Kier alpha value is -1.33. The average molecular weight is 316 g/mol. The minimum atomic E-state index is 0.760. The zero-order valence-corrected chi connectivity index (χ0v) is 14.2. The van der Waals surface area contributed by atoms with E-state index in [0.29, 0.717) is 0 Å². The number of likely N-dealkylation sites (tertiary alicyclic amines) is 1. The van der Waals surface area contributed by atoms with E-state index in [4.69, 9.17) is 0 Å². The Balaban J connectivity index is 1.42. The smallest absolute Gasteiger partial charge is 0.129 e. The summed E-state index contributed by atoms with van der Waals surface area (Å²) in [5.41, 5.74) is 1.34. The Morgan fingerprint density at radius 1 is 1.09 bits per heavy atom. The summed E-state index contributed by atoms with van der Waals surface area (Å²) in [6.45, 7) is 8.65. The molecule has 0 spiro atoms. The highest BCUT2D eigenvalue weighted by Crippen LogP contribution is 2.30. The maximum Gasteiger partial charge on any atom is 0.129 e. The van der Waals surface area contributed by atoms with E-state index in [0.717, 1.165) is 24.2 Å². The van der Waals surface area contributed by atoms with Crippen molar-refractivity contribution in [2.45, 2.75) is 43.4 Å². The molecule has 22 heavy (non-hydrogen) atoms. The quantitative estimate of drug-likeness (QED) is 0.848. The molecule has 0 atom stereocenters. The molecule has 0 N–H and O–H groups in total.